The Morgan fingerprint density at radius 1 is 0.652 bits per heavy atom. The molecule has 7 aromatic carbocycles. The van der Waals surface area contributed by atoms with Crippen molar-refractivity contribution < 1.29 is 108 Å². The Hall–Kier alpha value is -6.75. The molecule has 0 saturated carbocycles. The molecule has 28 heteroatoms. The van der Waals surface area contributed by atoms with E-state index in [9.17, 15) is 63.8 Å². The van der Waals surface area contributed by atoms with E-state index in [1.807, 2.05) is 0 Å². The molecule has 0 bridgehead atoms. The summed E-state index contributed by atoms with van der Waals surface area (Å²) in [5.74, 6) is -4.36. The molecule has 1 aliphatic rings. The molecular formula is C41H25N6NaO17S4. The molecule has 0 aliphatic heterocycles. The molecule has 0 radical (unpaired) electrons. The summed E-state index contributed by atoms with van der Waals surface area (Å²) in [5.41, 5.74) is 5.43. The molecule has 0 amide bonds. The van der Waals surface area contributed by atoms with E-state index in [0.29, 0.717) is 34.9 Å². The van der Waals surface area contributed by atoms with Crippen LogP contribution in [0.2, 0.25) is 0 Å². The van der Waals surface area contributed by atoms with Crippen molar-refractivity contribution >= 4 is 110 Å². The predicted octanol–water partition coefficient (Wildman–Crippen LogP) is 5.37. The summed E-state index contributed by atoms with van der Waals surface area (Å²) >= 11 is 0.362. The maximum atomic E-state index is 12.4. The Balaban J connectivity index is 0.000000284. The molecule has 0 atom stereocenters. The van der Waals surface area contributed by atoms with E-state index in [0.717, 1.165) is 24.3 Å². The Morgan fingerprint density at radius 2 is 1.28 bits per heavy atom. The summed E-state index contributed by atoms with van der Waals surface area (Å²) < 4.78 is 104. The second kappa shape index (κ2) is 20.1. The zero-order chi connectivity index (χ0) is 49.5. The zero-order valence-electron chi connectivity index (χ0n) is 34.4. The summed E-state index contributed by atoms with van der Waals surface area (Å²) in [6.07, 6.45) is 0. The van der Waals surface area contributed by atoms with Gasteiger partial charge in [0, 0.05) is 32.8 Å². The Labute approximate surface area is 414 Å². The normalized spacial score (nSPS) is 12.6. The van der Waals surface area contributed by atoms with E-state index in [1.165, 1.54) is 48.5 Å². The fourth-order valence-electron chi connectivity index (χ4n) is 6.66. The molecule has 69 heavy (non-hydrogen) atoms. The van der Waals surface area contributed by atoms with Crippen molar-refractivity contribution in [3.8, 4) is 17.2 Å². The fraction of sp³-hybridized carbons (Fsp3) is 0. The average Bonchev–Trinajstić information content (AvgIpc) is 3.29. The number of fused-ring (bicyclic) bond motifs is 4. The molecular weight excluding hydrogens is 1000 g/mol. The summed E-state index contributed by atoms with van der Waals surface area (Å²) in [5, 5.41) is 60.2. The molecule has 8 N–H and O–H groups in total. The number of azo groups is 2. The summed E-state index contributed by atoms with van der Waals surface area (Å²) in [4.78, 5) is 25.7. The van der Waals surface area contributed by atoms with Crippen molar-refractivity contribution in [3.05, 3.63) is 137 Å². The van der Waals surface area contributed by atoms with Gasteiger partial charge < -0.3 is 25.6 Å². The first-order valence-corrected chi connectivity index (χ1v) is 23.4. The minimum atomic E-state index is -5.13. The van der Waals surface area contributed by atoms with Gasteiger partial charge in [0.1, 0.15) is 25.6 Å². The summed E-state index contributed by atoms with van der Waals surface area (Å²) in [7, 11) is -14.5. The van der Waals surface area contributed by atoms with E-state index in [-0.39, 0.29) is 84.5 Å². The van der Waals surface area contributed by atoms with Crippen LogP contribution < -0.4 is 35.3 Å². The van der Waals surface area contributed by atoms with Gasteiger partial charge in [-0.1, -0.05) is 47.5 Å². The van der Waals surface area contributed by atoms with Crippen LogP contribution in [0.1, 0.15) is 31.8 Å². The molecule has 346 valence electrons. The molecule has 0 aromatic heterocycles. The Kier molecular flexibility index (Phi) is 15.0. The molecule has 0 fully saturated rings. The van der Waals surface area contributed by atoms with E-state index in [1.54, 1.807) is 24.3 Å². The van der Waals surface area contributed by atoms with Gasteiger partial charge in [0.05, 0.1) is 56.7 Å². The van der Waals surface area contributed by atoms with Crippen molar-refractivity contribution in [2.24, 2.45) is 20.5 Å². The van der Waals surface area contributed by atoms with Crippen molar-refractivity contribution in [1.82, 2.24) is 0 Å². The number of hydrogen-bond donors (Lipinski definition) is 7. The molecule has 0 heterocycles. The summed E-state index contributed by atoms with van der Waals surface area (Å²) in [6, 6.07) is 22.7. The third-order valence-corrected chi connectivity index (χ3v) is 13.0. The molecule has 1 aliphatic carbocycles. The molecule has 8 rings (SSSR count). The minimum Gasteiger partial charge on any atom is -0.744 e. The molecule has 23 nitrogen and oxygen atoms in total. The number of nitrogens with two attached hydrogens (primary N) is 1. The van der Waals surface area contributed by atoms with Crippen LogP contribution in [-0.4, -0.2) is 71.1 Å². The SMILES string of the molecule is O=C1c2ccccc2C(=O)c2c1cc(S(=O)(=O)[O-])c(O)c2O.[C-]#[N+]c1ccc(N=Nc2ccc(N=Nc3c(SOOO)cc4cc(S(=O)(=O)O)c(N)cc4c3O)c3cc(S(=O)(=O)O)ccc23)cc1.[Na+]. The van der Waals surface area contributed by atoms with Crippen LogP contribution >= 0.6 is 12.0 Å². The first-order chi connectivity index (χ1) is 32.0. The second-order valence-electron chi connectivity index (χ2n) is 13.9. The standard InChI is InChI=1S/C27H18N6O10S3.C14H8O7S.Na/c1-29-15-2-4-16(5-3-15)30-31-22-8-9-23(20-12-17(45(36,37)38)6-7-18(20)22)32-33-26-24(44-43-42-35)10-14-11-25(46(39,40)41)21(28)13-19(14)27(26)34;15-11-6-3-1-2-4-7(6)12(16)10-8(11)5-9(22(19,20)21)13(17)14(10)18;/h2-13,34-35H,28H2,(H,36,37,38)(H,39,40,41);1-5,17-18H,(H,19,20,21);/q;;+1/p-1. The van der Waals surface area contributed by atoms with Crippen LogP contribution in [0.4, 0.5) is 34.1 Å². The number of phenols is 3. The van der Waals surface area contributed by atoms with Crippen LogP contribution in [-0.2, 0) is 39.7 Å². The van der Waals surface area contributed by atoms with E-state index < -0.39 is 85.0 Å². The first kappa shape index (κ1) is 51.6. The molecule has 0 saturated heterocycles. The van der Waals surface area contributed by atoms with Crippen LogP contribution in [0.5, 0.6) is 17.2 Å². The second-order valence-corrected chi connectivity index (χ2v) is 18.8. The number of phenolic OH excluding ortho intramolecular Hbond substituents is 3. The average molecular weight is 1020 g/mol. The van der Waals surface area contributed by atoms with Gasteiger partial charge in [0.15, 0.2) is 34.5 Å². The minimum absolute atomic E-state index is 0. The number of anilines is 1. The van der Waals surface area contributed by atoms with Crippen molar-refractivity contribution in [3.63, 3.8) is 0 Å². The van der Waals surface area contributed by atoms with E-state index in [4.69, 9.17) is 17.6 Å². The third-order valence-electron chi connectivity index (χ3n) is 9.76. The Morgan fingerprint density at radius 3 is 1.87 bits per heavy atom. The third kappa shape index (κ3) is 10.6. The van der Waals surface area contributed by atoms with Gasteiger partial charge in [-0.25, -0.2) is 18.5 Å². The number of rotatable bonds is 10. The maximum absolute atomic E-state index is 12.4. The van der Waals surface area contributed by atoms with E-state index in [2.05, 4.69) is 34.7 Å². The number of benzene rings is 7. The monoisotopic (exact) mass is 1020 g/mol. The molecule has 0 spiro atoms. The van der Waals surface area contributed by atoms with Gasteiger partial charge >= 0.3 is 29.6 Å². The van der Waals surface area contributed by atoms with E-state index >= 15 is 0 Å². The largest absolute Gasteiger partial charge is 1.00 e. The topological polar surface area (TPSA) is 379 Å². The smallest absolute Gasteiger partial charge is 0.744 e. The van der Waals surface area contributed by atoms with Gasteiger partial charge in [-0.15, -0.1) is 19.7 Å². The number of nitrogen functional groups attached to an aromatic ring is 1. The van der Waals surface area contributed by atoms with Crippen LogP contribution in [0, 0.1) is 6.57 Å². The number of carbonyl (C=O) groups excluding carboxylic acids is 2. The number of ketones is 2. The number of hydrogen-bond acceptors (Lipinski definition) is 21. The molecule has 7 aromatic rings. The van der Waals surface area contributed by atoms with Crippen LogP contribution in [0.3, 0.4) is 0 Å². The number of carbonyl (C=O) groups is 2. The Bertz CT molecular complexity index is 3760. The van der Waals surface area contributed by atoms with Gasteiger partial charge in [0.2, 0.25) is 0 Å². The van der Waals surface area contributed by atoms with Crippen LogP contribution in [0.25, 0.3) is 26.4 Å². The first-order valence-electron chi connectivity index (χ1n) is 18.3. The number of aromatic hydroxyl groups is 3. The van der Waals surface area contributed by atoms with Crippen molar-refractivity contribution in [2.75, 3.05) is 5.73 Å². The zero-order valence-corrected chi connectivity index (χ0v) is 39.7. The van der Waals surface area contributed by atoms with Gasteiger partial charge in [-0.2, -0.15) is 21.9 Å². The summed E-state index contributed by atoms with van der Waals surface area (Å²) in [6.45, 7) is 7.06. The predicted molar refractivity (Wildman–Crippen MR) is 236 cm³/mol. The van der Waals surface area contributed by atoms with Gasteiger partial charge in [-0.05, 0) is 66.0 Å². The van der Waals surface area contributed by atoms with Gasteiger partial charge in [-0.3, -0.25) is 18.7 Å². The van der Waals surface area contributed by atoms with Crippen molar-refractivity contribution in [2.45, 2.75) is 19.6 Å². The van der Waals surface area contributed by atoms with Crippen molar-refractivity contribution in [1.29, 1.82) is 0 Å². The molecule has 0 unspecified atom stereocenters. The fourth-order valence-corrected chi connectivity index (χ4v) is 8.89. The number of nitrogens with zero attached hydrogens (tertiary/aromatic N) is 5. The quantitative estimate of drug-likeness (QED) is 0.0104. The maximum Gasteiger partial charge on any atom is 1.00 e. The van der Waals surface area contributed by atoms with Crippen LogP contribution in [0.15, 0.2) is 143 Å². The van der Waals surface area contributed by atoms with Gasteiger partial charge in [0.25, 0.3) is 20.2 Å².